The smallest absolute Gasteiger partial charge is 0.194 e. The first-order chi connectivity index (χ1) is 11.8. The Morgan fingerprint density at radius 1 is 1.38 bits per heavy atom. The fourth-order valence-electron chi connectivity index (χ4n) is 2.84. The van der Waals surface area contributed by atoms with Crippen molar-refractivity contribution in [2.45, 2.75) is 53.6 Å². The summed E-state index contributed by atoms with van der Waals surface area (Å²) in [7, 11) is 4.01. The molecule has 0 saturated heterocycles. The van der Waals surface area contributed by atoms with Crippen LogP contribution in [-0.4, -0.2) is 39.4 Å². The molecule has 0 aliphatic heterocycles. The monoisotopic (exact) mass is 474 g/mol. The van der Waals surface area contributed by atoms with Crippen LogP contribution in [0.2, 0.25) is 0 Å². The molecule has 0 aromatic carbocycles. The van der Waals surface area contributed by atoms with Gasteiger partial charge in [-0.2, -0.15) is 5.10 Å². The van der Waals surface area contributed by atoms with Crippen molar-refractivity contribution in [1.29, 1.82) is 0 Å². The lowest BCUT2D eigenvalue weighted by molar-refractivity contribution is 0.392. The Hall–Kier alpha value is -1.58. The third kappa shape index (κ3) is 5.46. The van der Waals surface area contributed by atoms with Crippen LogP contribution in [0.25, 0.3) is 0 Å². The Bertz CT molecular complexity index is 715. The van der Waals surface area contributed by atoms with Gasteiger partial charge in [0.25, 0.3) is 0 Å². The first-order valence-corrected chi connectivity index (χ1v) is 8.77. The van der Waals surface area contributed by atoms with E-state index < -0.39 is 0 Å². The molecule has 0 atom stereocenters. The molecule has 0 saturated carbocycles. The van der Waals surface area contributed by atoms with Gasteiger partial charge in [0.1, 0.15) is 5.76 Å². The average molecular weight is 474 g/mol. The van der Waals surface area contributed by atoms with Crippen molar-refractivity contribution in [1.82, 2.24) is 25.2 Å². The minimum atomic E-state index is 0. The second-order valence-corrected chi connectivity index (χ2v) is 6.70. The van der Waals surface area contributed by atoms with Crippen LogP contribution in [0.15, 0.2) is 15.7 Å². The number of aromatic nitrogens is 3. The predicted molar refractivity (Wildman–Crippen MR) is 115 cm³/mol. The summed E-state index contributed by atoms with van der Waals surface area (Å²) in [5.41, 5.74) is 4.31. The SMILES string of the molecule is CCNC(=NCc1c(C)noc1C)N(C)Cc1cn(C)nc1C(C)C.I. The number of nitrogens with zero attached hydrogens (tertiary/aromatic N) is 5. The Kier molecular flexibility index (Phi) is 8.58. The zero-order valence-corrected chi connectivity index (χ0v) is 19.2. The average Bonchev–Trinajstić information content (AvgIpc) is 3.07. The number of hydrogen-bond donors (Lipinski definition) is 1. The normalized spacial score (nSPS) is 11.6. The summed E-state index contributed by atoms with van der Waals surface area (Å²) in [6.45, 7) is 12.4. The van der Waals surface area contributed by atoms with Crippen LogP contribution in [0.1, 0.15) is 55.0 Å². The highest BCUT2D eigenvalue weighted by atomic mass is 127. The summed E-state index contributed by atoms with van der Waals surface area (Å²) in [5.74, 6) is 2.08. The van der Waals surface area contributed by atoms with Crippen LogP contribution >= 0.6 is 24.0 Å². The van der Waals surface area contributed by atoms with Crippen LogP contribution < -0.4 is 5.32 Å². The Balaban J connectivity index is 0.00000338. The highest BCUT2D eigenvalue weighted by Crippen LogP contribution is 2.19. The molecule has 1 N–H and O–H groups in total. The molecule has 0 amide bonds. The van der Waals surface area contributed by atoms with Gasteiger partial charge in [0.05, 0.1) is 17.9 Å². The fraction of sp³-hybridized carbons (Fsp3) is 0.611. The number of hydrogen-bond acceptors (Lipinski definition) is 4. The molecule has 0 radical (unpaired) electrons. The van der Waals surface area contributed by atoms with Crippen LogP contribution in [0.5, 0.6) is 0 Å². The molecule has 0 fully saturated rings. The highest BCUT2D eigenvalue weighted by Gasteiger charge is 2.15. The van der Waals surface area contributed by atoms with E-state index in [2.05, 4.69) is 47.4 Å². The van der Waals surface area contributed by atoms with Crippen LogP contribution in [0, 0.1) is 13.8 Å². The zero-order chi connectivity index (χ0) is 18.6. The van der Waals surface area contributed by atoms with Gasteiger partial charge in [-0.25, -0.2) is 4.99 Å². The van der Waals surface area contributed by atoms with Gasteiger partial charge >= 0.3 is 0 Å². The van der Waals surface area contributed by atoms with E-state index >= 15 is 0 Å². The third-order valence-electron chi connectivity index (χ3n) is 4.16. The summed E-state index contributed by atoms with van der Waals surface area (Å²) < 4.78 is 7.11. The van der Waals surface area contributed by atoms with E-state index in [1.54, 1.807) is 0 Å². The fourth-order valence-corrected chi connectivity index (χ4v) is 2.84. The first kappa shape index (κ1) is 22.5. The van der Waals surface area contributed by atoms with Crippen LogP contribution in [0.4, 0.5) is 0 Å². The number of aryl methyl sites for hydroxylation is 3. The molecule has 2 rings (SSSR count). The number of halogens is 1. The number of guanidine groups is 1. The van der Waals surface area contributed by atoms with Crippen molar-refractivity contribution in [3.63, 3.8) is 0 Å². The largest absolute Gasteiger partial charge is 0.361 e. The van der Waals surface area contributed by atoms with E-state index in [4.69, 9.17) is 9.52 Å². The van der Waals surface area contributed by atoms with Gasteiger partial charge in [-0.05, 0) is 26.7 Å². The molecule has 7 nitrogen and oxygen atoms in total. The molecule has 8 heteroatoms. The van der Waals surface area contributed by atoms with Gasteiger partial charge in [-0.3, -0.25) is 4.68 Å². The summed E-state index contributed by atoms with van der Waals surface area (Å²) in [5, 5.41) is 11.9. The molecular weight excluding hydrogens is 443 g/mol. The Morgan fingerprint density at radius 3 is 2.62 bits per heavy atom. The molecule has 0 spiro atoms. The maximum absolute atomic E-state index is 5.22. The van der Waals surface area contributed by atoms with Gasteiger partial charge in [0.2, 0.25) is 0 Å². The van der Waals surface area contributed by atoms with E-state index in [0.717, 1.165) is 41.8 Å². The number of nitrogens with one attached hydrogen (secondary N) is 1. The van der Waals surface area contributed by atoms with Crippen molar-refractivity contribution in [2.24, 2.45) is 12.0 Å². The Morgan fingerprint density at radius 2 is 2.08 bits per heavy atom. The number of rotatable bonds is 6. The maximum Gasteiger partial charge on any atom is 0.194 e. The second kappa shape index (κ2) is 9.94. The van der Waals surface area contributed by atoms with Crippen molar-refractivity contribution in [3.8, 4) is 0 Å². The highest BCUT2D eigenvalue weighted by molar-refractivity contribution is 14.0. The summed E-state index contributed by atoms with van der Waals surface area (Å²) in [4.78, 5) is 6.89. The topological polar surface area (TPSA) is 71.5 Å². The summed E-state index contributed by atoms with van der Waals surface area (Å²) >= 11 is 0. The van der Waals surface area contributed by atoms with Gasteiger partial charge in [-0.15, -0.1) is 24.0 Å². The summed E-state index contributed by atoms with van der Waals surface area (Å²) in [6.07, 6.45) is 2.09. The molecule has 2 aromatic rings. The minimum absolute atomic E-state index is 0. The maximum atomic E-state index is 5.22. The van der Waals surface area contributed by atoms with Crippen LogP contribution in [0.3, 0.4) is 0 Å². The van der Waals surface area contributed by atoms with Gasteiger partial charge in [0, 0.05) is 44.5 Å². The molecule has 146 valence electrons. The molecule has 2 aromatic heterocycles. The predicted octanol–water partition coefficient (Wildman–Crippen LogP) is 3.36. The van der Waals surface area contributed by atoms with Gasteiger partial charge in [0.15, 0.2) is 5.96 Å². The quantitative estimate of drug-likeness (QED) is 0.395. The second-order valence-electron chi connectivity index (χ2n) is 6.70. The minimum Gasteiger partial charge on any atom is -0.361 e. The van der Waals surface area contributed by atoms with E-state index in [1.165, 1.54) is 5.56 Å². The van der Waals surface area contributed by atoms with E-state index in [-0.39, 0.29) is 24.0 Å². The molecule has 26 heavy (non-hydrogen) atoms. The van der Waals surface area contributed by atoms with Gasteiger partial charge < -0.3 is 14.7 Å². The molecule has 0 aliphatic carbocycles. The third-order valence-corrected chi connectivity index (χ3v) is 4.16. The van der Waals surface area contributed by atoms with E-state index in [9.17, 15) is 0 Å². The lowest BCUT2D eigenvalue weighted by atomic mass is 10.1. The van der Waals surface area contributed by atoms with Crippen molar-refractivity contribution in [2.75, 3.05) is 13.6 Å². The van der Waals surface area contributed by atoms with Crippen LogP contribution in [-0.2, 0) is 20.1 Å². The van der Waals surface area contributed by atoms with E-state index in [1.807, 2.05) is 32.6 Å². The van der Waals surface area contributed by atoms with E-state index in [0.29, 0.717) is 12.5 Å². The summed E-state index contributed by atoms with van der Waals surface area (Å²) in [6, 6.07) is 0. The zero-order valence-electron chi connectivity index (χ0n) is 16.8. The molecule has 0 unspecified atom stereocenters. The Labute approximate surface area is 173 Å². The standard InChI is InChI=1S/C18H30N6O.HI/c1-8-19-18(20-9-16-13(4)22-25-14(16)5)23(6)10-15-11-24(7)21-17(15)12(2)3;/h11-12H,8-10H2,1-7H3,(H,19,20);1H. The molecule has 0 aliphatic rings. The van der Waals surface area contributed by atoms with Crippen molar-refractivity contribution in [3.05, 3.63) is 34.5 Å². The lowest BCUT2D eigenvalue weighted by Crippen LogP contribution is -2.38. The molecule has 2 heterocycles. The lowest BCUT2D eigenvalue weighted by Gasteiger charge is -2.22. The van der Waals surface area contributed by atoms with Crippen molar-refractivity contribution < 1.29 is 4.52 Å². The molecule has 0 bridgehead atoms. The van der Waals surface area contributed by atoms with Crippen molar-refractivity contribution >= 4 is 29.9 Å². The number of aliphatic imine (C=N–C) groups is 1. The molecular formula is C18H31IN6O. The van der Waals surface area contributed by atoms with Gasteiger partial charge in [-0.1, -0.05) is 19.0 Å². The first-order valence-electron chi connectivity index (χ1n) is 8.77.